The number of halogens is 1. The van der Waals surface area contributed by atoms with Crippen molar-refractivity contribution in [3.8, 4) is 0 Å². The summed E-state index contributed by atoms with van der Waals surface area (Å²) in [5.41, 5.74) is 0.00100. The van der Waals surface area contributed by atoms with Gasteiger partial charge in [0.2, 0.25) is 10.0 Å². The number of carbonyl (C=O) groups is 2. The molecule has 1 amide bonds. The minimum absolute atomic E-state index is 0.207. The normalized spacial score (nSPS) is 11.3. The van der Waals surface area contributed by atoms with Crippen LogP contribution in [0.4, 0.5) is 10.1 Å². The number of amides is 1. The van der Waals surface area contributed by atoms with Crippen LogP contribution in [-0.4, -0.2) is 32.9 Å². The van der Waals surface area contributed by atoms with E-state index in [1.54, 1.807) is 44.2 Å². The van der Waals surface area contributed by atoms with E-state index in [9.17, 15) is 22.4 Å². The first kappa shape index (κ1) is 20.5. The molecule has 0 bridgehead atoms. The standard InChI is InChI=1S/C18H19FN2O5S/c1-12(2)21(13-6-4-3-5-7-13)17(22)11-26-18(23)15-10-14(27(20,24)25)8-9-16(15)19/h3-10,12H,11H2,1-2H3,(H2,20,24,25). The van der Waals surface area contributed by atoms with Crippen LogP contribution in [-0.2, 0) is 19.6 Å². The molecule has 7 nitrogen and oxygen atoms in total. The number of nitrogens with zero attached hydrogens (tertiary/aromatic N) is 1. The van der Waals surface area contributed by atoms with E-state index in [-0.39, 0.29) is 6.04 Å². The molecule has 2 rings (SSSR count). The number of hydrogen-bond acceptors (Lipinski definition) is 5. The number of benzene rings is 2. The molecule has 2 aromatic carbocycles. The zero-order valence-corrected chi connectivity index (χ0v) is 15.6. The van der Waals surface area contributed by atoms with E-state index in [0.29, 0.717) is 5.69 Å². The molecule has 0 spiro atoms. The van der Waals surface area contributed by atoms with Crippen LogP contribution in [0.5, 0.6) is 0 Å². The number of nitrogens with two attached hydrogens (primary N) is 1. The van der Waals surface area contributed by atoms with E-state index in [4.69, 9.17) is 9.88 Å². The molecule has 144 valence electrons. The van der Waals surface area contributed by atoms with E-state index in [2.05, 4.69) is 0 Å². The van der Waals surface area contributed by atoms with Gasteiger partial charge in [0.15, 0.2) is 6.61 Å². The third-order valence-corrected chi connectivity index (χ3v) is 4.54. The van der Waals surface area contributed by atoms with Gasteiger partial charge in [-0.3, -0.25) is 4.79 Å². The Bertz CT molecular complexity index is 945. The molecule has 0 fully saturated rings. The van der Waals surface area contributed by atoms with Crippen molar-refractivity contribution < 1.29 is 27.1 Å². The van der Waals surface area contributed by atoms with Gasteiger partial charge in [0.05, 0.1) is 10.5 Å². The van der Waals surface area contributed by atoms with E-state index in [0.717, 1.165) is 18.2 Å². The van der Waals surface area contributed by atoms with Gasteiger partial charge in [0, 0.05) is 11.7 Å². The quantitative estimate of drug-likeness (QED) is 0.755. The van der Waals surface area contributed by atoms with Gasteiger partial charge in [0.1, 0.15) is 5.82 Å². The second-order valence-corrected chi connectivity index (χ2v) is 7.52. The summed E-state index contributed by atoms with van der Waals surface area (Å²) in [5.74, 6) is -2.65. The van der Waals surface area contributed by atoms with Crippen molar-refractivity contribution in [1.82, 2.24) is 0 Å². The van der Waals surface area contributed by atoms with E-state index >= 15 is 0 Å². The average molecular weight is 394 g/mol. The minimum atomic E-state index is -4.12. The number of sulfonamides is 1. The van der Waals surface area contributed by atoms with Gasteiger partial charge in [-0.2, -0.15) is 0 Å². The fraction of sp³-hybridized carbons (Fsp3) is 0.222. The Morgan fingerprint density at radius 3 is 2.33 bits per heavy atom. The third-order valence-electron chi connectivity index (χ3n) is 3.63. The monoisotopic (exact) mass is 394 g/mol. The van der Waals surface area contributed by atoms with Crippen LogP contribution < -0.4 is 10.0 Å². The second kappa shape index (κ2) is 8.28. The summed E-state index contributed by atoms with van der Waals surface area (Å²) in [4.78, 5) is 25.6. The van der Waals surface area contributed by atoms with E-state index < -0.39 is 44.8 Å². The van der Waals surface area contributed by atoms with Crippen LogP contribution in [0.1, 0.15) is 24.2 Å². The summed E-state index contributed by atoms with van der Waals surface area (Å²) in [6, 6.07) is 11.1. The highest BCUT2D eigenvalue weighted by Gasteiger charge is 2.23. The van der Waals surface area contributed by atoms with Gasteiger partial charge in [-0.15, -0.1) is 0 Å². The van der Waals surface area contributed by atoms with Gasteiger partial charge < -0.3 is 9.64 Å². The zero-order valence-electron chi connectivity index (χ0n) is 14.8. The molecule has 9 heteroatoms. The highest BCUT2D eigenvalue weighted by atomic mass is 32.2. The molecule has 2 aromatic rings. The lowest BCUT2D eigenvalue weighted by atomic mass is 10.2. The smallest absolute Gasteiger partial charge is 0.341 e. The predicted molar refractivity (Wildman–Crippen MR) is 97.1 cm³/mol. The topological polar surface area (TPSA) is 107 Å². The molecular weight excluding hydrogens is 375 g/mol. The first-order valence-corrected chi connectivity index (χ1v) is 9.52. The number of esters is 1. The minimum Gasteiger partial charge on any atom is -0.452 e. The van der Waals surface area contributed by atoms with Crippen molar-refractivity contribution >= 4 is 27.6 Å². The van der Waals surface area contributed by atoms with Gasteiger partial charge in [-0.25, -0.2) is 22.7 Å². The molecule has 0 heterocycles. The van der Waals surface area contributed by atoms with Gasteiger partial charge >= 0.3 is 5.97 Å². The first-order valence-electron chi connectivity index (χ1n) is 7.98. The maximum atomic E-state index is 13.9. The summed E-state index contributed by atoms with van der Waals surface area (Å²) >= 11 is 0. The van der Waals surface area contributed by atoms with E-state index in [1.165, 1.54) is 4.90 Å². The fourth-order valence-electron chi connectivity index (χ4n) is 2.43. The van der Waals surface area contributed by atoms with Crippen molar-refractivity contribution in [3.63, 3.8) is 0 Å². The molecule has 27 heavy (non-hydrogen) atoms. The average Bonchev–Trinajstić information content (AvgIpc) is 2.59. The Labute approximate surface area is 156 Å². The Kier molecular flexibility index (Phi) is 6.29. The summed E-state index contributed by atoms with van der Waals surface area (Å²) < 4.78 is 41.4. The van der Waals surface area contributed by atoms with Crippen LogP contribution >= 0.6 is 0 Å². The lowest BCUT2D eigenvalue weighted by Crippen LogP contribution is -2.40. The Morgan fingerprint density at radius 1 is 1.15 bits per heavy atom. The second-order valence-electron chi connectivity index (χ2n) is 5.96. The SMILES string of the molecule is CC(C)N(C(=O)COC(=O)c1cc(S(N)(=O)=O)ccc1F)c1ccccc1. The first-order chi connectivity index (χ1) is 12.6. The van der Waals surface area contributed by atoms with Crippen LogP contribution in [0.2, 0.25) is 0 Å². The summed E-state index contributed by atoms with van der Waals surface area (Å²) in [5, 5.41) is 4.97. The Balaban J connectivity index is 2.16. The van der Waals surface area contributed by atoms with Crippen molar-refractivity contribution in [2.24, 2.45) is 5.14 Å². The molecule has 0 aromatic heterocycles. The number of carbonyl (C=O) groups excluding carboxylic acids is 2. The molecule has 0 unspecified atom stereocenters. The molecular formula is C18H19FN2O5S. The number of primary sulfonamides is 1. The molecule has 0 saturated heterocycles. The van der Waals surface area contributed by atoms with Crippen molar-refractivity contribution in [2.75, 3.05) is 11.5 Å². The maximum Gasteiger partial charge on any atom is 0.341 e. The molecule has 0 saturated carbocycles. The van der Waals surface area contributed by atoms with Crippen molar-refractivity contribution in [2.45, 2.75) is 24.8 Å². The highest BCUT2D eigenvalue weighted by Crippen LogP contribution is 2.18. The number of ether oxygens (including phenoxy) is 1. The Morgan fingerprint density at radius 2 is 1.78 bits per heavy atom. The Hall–Kier alpha value is -2.78. The van der Waals surface area contributed by atoms with Crippen LogP contribution in [0.3, 0.4) is 0 Å². The molecule has 0 radical (unpaired) electrons. The number of hydrogen-bond donors (Lipinski definition) is 1. The lowest BCUT2D eigenvalue weighted by molar-refractivity contribution is -0.122. The molecule has 0 aliphatic carbocycles. The van der Waals surface area contributed by atoms with Gasteiger partial charge in [-0.1, -0.05) is 18.2 Å². The lowest BCUT2D eigenvalue weighted by Gasteiger charge is -2.26. The number of para-hydroxylation sites is 1. The molecule has 0 atom stereocenters. The maximum absolute atomic E-state index is 13.9. The number of anilines is 1. The zero-order chi connectivity index (χ0) is 20.2. The fourth-order valence-corrected chi connectivity index (χ4v) is 2.97. The van der Waals surface area contributed by atoms with Crippen molar-refractivity contribution in [1.29, 1.82) is 0 Å². The third kappa shape index (κ3) is 5.11. The number of rotatable bonds is 6. The summed E-state index contributed by atoms with van der Waals surface area (Å²) in [6.45, 7) is 2.95. The van der Waals surface area contributed by atoms with E-state index in [1.807, 2.05) is 0 Å². The predicted octanol–water partition coefficient (Wildman–Crippen LogP) is 2.07. The highest BCUT2D eigenvalue weighted by molar-refractivity contribution is 7.89. The van der Waals surface area contributed by atoms with Crippen LogP contribution in [0.15, 0.2) is 53.4 Å². The molecule has 0 aliphatic rings. The van der Waals surface area contributed by atoms with Gasteiger partial charge in [0.25, 0.3) is 5.91 Å². The van der Waals surface area contributed by atoms with Crippen molar-refractivity contribution in [3.05, 3.63) is 59.9 Å². The van der Waals surface area contributed by atoms with Gasteiger partial charge in [-0.05, 0) is 44.2 Å². The van der Waals surface area contributed by atoms with Crippen LogP contribution in [0.25, 0.3) is 0 Å². The summed E-state index contributed by atoms with van der Waals surface area (Å²) in [6.07, 6.45) is 0. The largest absolute Gasteiger partial charge is 0.452 e. The van der Waals surface area contributed by atoms with Crippen LogP contribution in [0, 0.1) is 5.82 Å². The molecule has 2 N–H and O–H groups in total. The molecule has 0 aliphatic heterocycles. The summed E-state index contributed by atoms with van der Waals surface area (Å²) in [7, 11) is -4.12.